The highest BCUT2D eigenvalue weighted by atomic mass is 16.5. The first kappa shape index (κ1) is 20.1. The number of aromatic nitrogens is 3. The Balaban J connectivity index is 1.71. The van der Waals surface area contributed by atoms with Gasteiger partial charge in [0.1, 0.15) is 17.9 Å². The number of nitrogens with zero attached hydrogens (tertiary/aromatic N) is 3. The molecule has 0 spiro atoms. The van der Waals surface area contributed by atoms with Crippen LogP contribution < -0.4 is 10.5 Å². The number of nitrogens with two attached hydrogens (primary N) is 1. The average Bonchev–Trinajstić information content (AvgIpc) is 3.22. The zero-order valence-electron chi connectivity index (χ0n) is 17.0. The van der Waals surface area contributed by atoms with Gasteiger partial charge in [0.2, 0.25) is 0 Å². The lowest BCUT2D eigenvalue weighted by Crippen LogP contribution is -2.18. The molecule has 0 radical (unpaired) electrons. The lowest BCUT2D eigenvalue weighted by atomic mass is 10.1. The van der Waals surface area contributed by atoms with E-state index in [0.717, 1.165) is 34.2 Å². The number of imidazole rings is 1. The standard InChI is InChI=1S/C23H26N4O3/c1-2-29-14-17(13-16-7-9-18(10-8-16)30-12-11-28)27-15-25-21-22(27)19-5-3-4-6-20(19)26-23(21)24/h3-10,15,17,28H,2,11-14H2,1H3,(H2,24,26)/t17-/m0/s1. The molecule has 1 atom stereocenters. The Kier molecular flexibility index (Phi) is 6.11. The number of fused-ring (bicyclic) bond motifs is 3. The molecule has 4 rings (SSSR count). The molecule has 0 saturated heterocycles. The third-order valence-corrected chi connectivity index (χ3v) is 5.10. The molecule has 0 aliphatic rings. The maximum atomic E-state index is 8.91. The summed E-state index contributed by atoms with van der Waals surface area (Å²) < 4.78 is 13.4. The first-order valence-electron chi connectivity index (χ1n) is 10.1. The summed E-state index contributed by atoms with van der Waals surface area (Å²) in [6.45, 7) is 3.48. The van der Waals surface area contributed by atoms with Gasteiger partial charge in [0, 0.05) is 12.0 Å². The van der Waals surface area contributed by atoms with Crippen molar-refractivity contribution in [2.24, 2.45) is 0 Å². The van der Waals surface area contributed by atoms with Gasteiger partial charge < -0.3 is 24.9 Å². The van der Waals surface area contributed by atoms with E-state index in [-0.39, 0.29) is 19.3 Å². The first-order valence-corrected chi connectivity index (χ1v) is 10.1. The fourth-order valence-corrected chi connectivity index (χ4v) is 3.69. The number of anilines is 1. The van der Waals surface area contributed by atoms with Crippen LogP contribution in [-0.4, -0.2) is 46.1 Å². The highest BCUT2D eigenvalue weighted by Gasteiger charge is 2.19. The van der Waals surface area contributed by atoms with E-state index in [2.05, 4.69) is 14.5 Å². The van der Waals surface area contributed by atoms with E-state index in [1.807, 2.05) is 61.8 Å². The predicted octanol–water partition coefficient (Wildman–Crippen LogP) is 3.36. The van der Waals surface area contributed by atoms with Gasteiger partial charge in [-0.15, -0.1) is 0 Å². The third-order valence-electron chi connectivity index (χ3n) is 5.10. The molecule has 2 aromatic heterocycles. The summed E-state index contributed by atoms with van der Waals surface area (Å²) in [5.41, 5.74) is 9.89. The summed E-state index contributed by atoms with van der Waals surface area (Å²) in [5.74, 6) is 1.18. The number of hydrogen-bond donors (Lipinski definition) is 2. The Bertz CT molecular complexity index is 1120. The maximum Gasteiger partial charge on any atom is 0.152 e. The van der Waals surface area contributed by atoms with E-state index in [0.29, 0.717) is 24.5 Å². The van der Waals surface area contributed by atoms with E-state index in [1.165, 1.54) is 0 Å². The summed E-state index contributed by atoms with van der Waals surface area (Å²) in [7, 11) is 0. The van der Waals surface area contributed by atoms with Gasteiger partial charge in [0.05, 0.1) is 36.6 Å². The number of pyridine rings is 1. The average molecular weight is 406 g/mol. The second-order valence-corrected chi connectivity index (χ2v) is 7.10. The van der Waals surface area contributed by atoms with Gasteiger partial charge in [-0.05, 0) is 37.1 Å². The van der Waals surface area contributed by atoms with Crippen molar-refractivity contribution in [3.8, 4) is 5.75 Å². The van der Waals surface area contributed by atoms with Gasteiger partial charge in [-0.25, -0.2) is 9.97 Å². The van der Waals surface area contributed by atoms with Gasteiger partial charge in [0.25, 0.3) is 0 Å². The molecule has 0 fully saturated rings. The van der Waals surface area contributed by atoms with Gasteiger partial charge in [-0.2, -0.15) is 0 Å². The maximum absolute atomic E-state index is 8.91. The minimum atomic E-state index is -0.00215. The second-order valence-electron chi connectivity index (χ2n) is 7.10. The van der Waals surface area contributed by atoms with Crippen LogP contribution in [0.25, 0.3) is 21.9 Å². The van der Waals surface area contributed by atoms with Crippen LogP contribution in [0, 0.1) is 0 Å². The summed E-state index contributed by atoms with van der Waals surface area (Å²) in [6, 6.07) is 15.9. The lowest BCUT2D eigenvalue weighted by Gasteiger charge is -2.20. The van der Waals surface area contributed by atoms with Crippen molar-refractivity contribution >= 4 is 27.8 Å². The van der Waals surface area contributed by atoms with Gasteiger partial charge >= 0.3 is 0 Å². The van der Waals surface area contributed by atoms with Crippen molar-refractivity contribution in [3.05, 3.63) is 60.4 Å². The SMILES string of the molecule is CCOC[C@H](Cc1ccc(OCCO)cc1)n1cnc2c(N)nc3ccccc3c21. The molecule has 2 aromatic carbocycles. The van der Waals surface area contributed by atoms with Gasteiger partial charge in [-0.1, -0.05) is 30.3 Å². The largest absolute Gasteiger partial charge is 0.491 e. The Labute approximate surface area is 175 Å². The minimum absolute atomic E-state index is 0.00215. The monoisotopic (exact) mass is 406 g/mol. The Morgan fingerprint density at radius 2 is 1.93 bits per heavy atom. The molecular formula is C23H26N4O3. The van der Waals surface area contributed by atoms with Crippen molar-refractivity contribution < 1.29 is 14.6 Å². The number of hydrogen-bond acceptors (Lipinski definition) is 6. The van der Waals surface area contributed by atoms with Crippen LogP contribution in [0.1, 0.15) is 18.5 Å². The molecule has 30 heavy (non-hydrogen) atoms. The van der Waals surface area contributed by atoms with Gasteiger partial charge in [0.15, 0.2) is 5.82 Å². The van der Waals surface area contributed by atoms with E-state index in [9.17, 15) is 0 Å². The molecule has 156 valence electrons. The molecule has 0 unspecified atom stereocenters. The van der Waals surface area contributed by atoms with E-state index in [1.54, 1.807) is 0 Å². The van der Waals surface area contributed by atoms with Crippen LogP contribution in [-0.2, 0) is 11.2 Å². The Morgan fingerprint density at radius 1 is 1.13 bits per heavy atom. The third kappa shape index (κ3) is 4.08. The second kappa shape index (κ2) is 9.11. The van der Waals surface area contributed by atoms with Crippen LogP contribution in [0.5, 0.6) is 5.75 Å². The molecule has 0 aliphatic carbocycles. The van der Waals surface area contributed by atoms with Crippen LogP contribution in [0.2, 0.25) is 0 Å². The number of rotatable bonds is 9. The molecule has 0 bridgehead atoms. The smallest absolute Gasteiger partial charge is 0.152 e. The van der Waals surface area contributed by atoms with E-state index >= 15 is 0 Å². The number of ether oxygens (including phenoxy) is 2. The van der Waals surface area contributed by atoms with Crippen molar-refractivity contribution in [2.75, 3.05) is 32.2 Å². The molecule has 0 saturated carbocycles. The predicted molar refractivity (Wildman–Crippen MR) is 118 cm³/mol. The lowest BCUT2D eigenvalue weighted by molar-refractivity contribution is 0.114. The normalized spacial score (nSPS) is 12.5. The highest BCUT2D eigenvalue weighted by molar-refractivity contribution is 6.06. The van der Waals surface area contributed by atoms with Crippen LogP contribution in [0.15, 0.2) is 54.9 Å². The van der Waals surface area contributed by atoms with Crippen molar-refractivity contribution in [2.45, 2.75) is 19.4 Å². The number of para-hydroxylation sites is 1. The minimum Gasteiger partial charge on any atom is -0.491 e. The molecule has 7 nitrogen and oxygen atoms in total. The molecule has 0 amide bonds. The van der Waals surface area contributed by atoms with Crippen molar-refractivity contribution in [3.63, 3.8) is 0 Å². The summed E-state index contributed by atoms with van der Waals surface area (Å²) in [5, 5.41) is 9.93. The zero-order chi connectivity index (χ0) is 20.9. The topological polar surface area (TPSA) is 95.4 Å². The molecule has 2 heterocycles. The number of nitrogen functional groups attached to an aromatic ring is 1. The number of benzene rings is 2. The van der Waals surface area contributed by atoms with E-state index in [4.69, 9.17) is 20.3 Å². The first-order chi connectivity index (χ1) is 14.7. The summed E-state index contributed by atoms with van der Waals surface area (Å²) in [4.78, 5) is 9.06. The molecule has 7 heteroatoms. The van der Waals surface area contributed by atoms with Crippen LogP contribution >= 0.6 is 0 Å². The van der Waals surface area contributed by atoms with Crippen molar-refractivity contribution in [1.82, 2.24) is 14.5 Å². The molecule has 3 N–H and O–H groups in total. The van der Waals surface area contributed by atoms with Crippen molar-refractivity contribution in [1.29, 1.82) is 0 Å². The van der Waals surface area contributed by atoms with E-state index < -0.39 is 0 Å². The van der Waals surface area contributed by atoms with Crippen LogP contribution in [0.4, 0.5) is 5.82 Å². The molecular weight excluding hydrogens is 380 g/mol. The molecule has 4 aromatic rings. The zero-order valence-corrected chi connectivity index (χ0v) is 17.0. The Hall–Kier alpha value is -3.16. The quantitative estimate of drug-likeness (QED) is 0.443. The fourth-order valence-electron chi connectivity index (χ4n) is 3.69. The highest BCUT2D eigenvalue weighted by Crippen LogP contribution is 2.30. The van der Waals surface area contributed by atoms with Crippen LogP contribution in [0.3, 0.4) is 0 Å². The fraction of sp³-hybridized carbons (Fsp3) is 0.304. The Morgan fingerprint density at radius 3 is 2.70 bits per heavy atom. The summed E-state index contributed by atoms with van der Waals surface area (Å²) >= 11 is 0. The molecule has 0 aliphatic heterocycles. The van der Waals surface area contributed by atoms with Gasteiger partial charge in [-0.3, -0.25) is 0 Å². The summed E-state index contributed by atoms with van der Waals surface area (Å²) in [6.07, 6.45) is 2.60. The number of aliphatic hydroxyl groups is 1. The number of aliphatic hydroxyl groups excluding tert-OH is 1.